The van der Waals surface area contributed by atoms with Crippen molar-refractivity contribution < 1.29 is 9.53 Å². The molecule has 144 valence electrons. The van der Waals surface area contributed by atoms with Crippen LogP contribution in [0, 0.1) is 17.2 Å². The Bertz CT molecular complexity index is 1050. The summed E-state index contributed by atoms with van der Waals surface area (Å²) in [6, 6.07) is 8.54. The van der Waals surface area contributed by atoms with Crippen molar-refractivity contribution in [3.8, 4) is 11.8 Å². The van der Waals surface area contributed by atoms with E-state index in [1.54, 1.807) is 6.20 Å². The first-order valence-electron chi connectivity index (χ1n) is 9.42. The number of ether oxygens (including phenoxy) is 1. The molecule has 7 heteroatoms. The van der Waals surface area contributed by atoms with E-state index in [1.807, 2.05) is 18.2 Å². The summed E-state index contributed by atoms with van der Waals surface area (Å²) >= 11 is 0. The second-order valence-electron chi connectivity index (χ2n) is 7.51. The van der Waals surface area contributed by atoms with Crippen LogP contribution in [-0.4, -0.2) is 39.8 Å². The fourth-order valence-electron chi connectivity index (χ4n) is 2.92. The van der Waals surface area contributed by atoms with Gasteiger partial charge in [-0.25, -0.2) is 0 Å². The van der Waals surface area contributed by atoms with Crippen LogP contribution < -0.4 is 10.1 Å². The molecule has 1 atom stereocenters. The summed E-state index contributed by atoms with van der Waals surface area (Å²) in [7, 11) is -0.356. The molecule has 1 unspecified atom stereocenters. The quantitative estimate of drug-likeness (QED) is 0.787. The Hall–Kier alpha value is -2.72. The molecule has 2 heterocycles. The summed E-state index contributed by atoms with van der Waals surface area (Å²) in [5.74, 6) is 1.27. The summed E-state index contributed by atoms with van der Waals surface area (Å²) in [6.07, 6.45) is 3.84. The number of nitriles is 1. The van der Waals surface area contributed by atoms with Gasteiger partial charge in [-0.1, -0.05) is 19.9 Å². The molecule has 1 fully saturated rings. The minimum Gasteiger partial charge on any atom is -0.491 e. The van der Waals surface area contributed by atoms with E-state index < -0.39 is 0 Å². The molecule has 0 radical (unpaired) electrons. The molecule has 2 aliphatic rings. The Balaban J connectivity index is 1.72. The van der Waals surface area contributed by atoms with Gasteiger partial charge >= 0.3 is 0 Å². The van der Waals surface area contributed by atoms with Crippen LogP contribution in [0.1, 0.15) is 37.8 Å². The fourth-order valence-corrected chi connectivity index (χ4v) is 4.60. The van der Waals surface area contributed by atoms with Gasteiger partial charge in [-0.3, -0.25) is 9.78 Å². The smallest absolute Gasteiger partial charge is 0.258 e. The van der Waals surface area contributed by atoms with Crippen LogP contribution in [0.3, 0.4) is 0 Å². The van der Waals surface area contributed by atoms with Crippen LogP contribution in [0.25, 0.3) is 10.9 Å². The van der Waals surface area contributed by atoms with E-state index in [0.29, 0.717) is 35.6 Å². The van der Waals surface area contributed by atoms with Crippen molar-refractivity contribution in [1.82, 2.24) is 10.3 Å². The second-order valence-corrected chi connectivity index (χ2v) is 9.28. The first kappa shape index (κ1) is 18.6. The molecular weight excluding hydrogens is 372 g/mol. The predicted octanol–water partition coefficient (Wildman–Crippen LogP) is 3.21. The number of amidine groups is 1. The van der Waals surface area contributed by atoms with E-state index in [4.69, 9.17) is 4.74 Å². The van der Waals surface area contributed by atoms with Crippen molar-refractivity contribution in [3.05, 3.63) is 35.5 Å². The van der Waals surface area contributed by atoms with E-state index in [9.17, 15) is 10.1 Å². The van der Waals surface area contributed by atoms with Crippen molar-refractivity contribution in [3.63, 3.8) is 0 Å². The number of nitrogens with zero attached hydrogens (tertiary/aromatic N) is 3. The Morgan fingerprint density at radius 3 is 2.96 bits per heavy atom. The van der Waals surface area contributed by atoms with Gasteiger partial charge in [0.2, 0.25) is 0 Å². The van der Waals surface area contributed by atoms with Crippen molar-refractivity contribution in [2.45, 2.75) is 32.7 Å². The molecule has 1 saturated carbocycles. The van der Waals surface area contributed by atoms with Crippen molar-refractivity contribution >= 4 is 37.8 Å². The highest BCUT2D eigenvalue weighted by Crippen LogP contribution is 2.31. The van der Waals surface area contributed by atoms with Gasteiger partial charge < -0.3 is 10.1 Å². The number of nitrogens with one attached hydrogen (secondary N) is 1. The fraction of sp³-hybridized carbons (Fsp3) is 0.381. The number of rotatable bonds is 5. The Kier molecular flexibility index (Phi) is 5.14. The second kappa shape index (κ2) is 7.72. The molecule has 1 aromatic heterocycles. The average Bonchev–Trinajstić information content (AvgIpc) is 3.42. The highest BCUT2D eigenvalue weighted by atomic mass is 32.2. The largest absolute Gasteiger partial charge is 0.491 e. The maximum Gasteiger partial charge on any atom is 0.258 e. The first-order valence-corrected chi connectivity index (χ1v) is 10.9. The van der Waals surface area contributed by atoms with Crippen LogP contribution in [-0.2, 0) is 4.79 Å². The van der Waals surface area contributed by atoms with Crippen molar-refractivity contribution in [2.24, 2.45) is 10.9 Å². The Morgan fingerprint density at radius 2 is 2.25 bits per heavy atom. The summed E-state index contributed by atoms with van der Waals surface area (Å²) in [4.78, 5) is 20.4. The molecule has 0 spiro atoms. The number of amides is 1. The summed E-state index contributed by atoms with van der Waals surface area (Å²) in [5.41, 5.74) is 2.19. The third kappa shape index (κ3) is 4.07. The SMILES string of the molecule is CC(C)COc1c(C#N)cnc2ccc(/C=S3/CC(=O)N=C3NC3CC3)cc12. The topological polar surface area (TPSA) is 87.4 Å². The Labute approximate surface area is 166 Å². The van der Waals surface area contributed by atoms with Crippen LogP contribution in [0.5, 0.6) is 5.75 Å². The molecule has 1 N–H and O–H groups in total. The van der Waals surface area contributed by atoms with Gasteiger partial charge in [0.15, 0.2) is 5.17 Å². The lowest BCUT2D eigenvalue weighted by atomic mass is 10.1. The molecule has 28 heavy (non-hydrogen) atoms. The summed E-state index contributed by atoms with van der Waals surface area (Å²) < 4.78 is 5.96. The van der Waals surface area contributed by atoms with Crippen LogP contribution >= 0.6 is 10.5 Å². The minimum atomic E-state index is -0.356. The summed E-state index contributed by atoms with van der Waals surface area (Å²) in [6.45, 7) is 4.67. The molecule has 4 rings (SSSR count). The van der Waals surface area contributed by atoms with Gasteiger partial charge in [-0.2, -0.15) is 10.3 Å². The third-order valence-electron chi connectivity index (χ3n) is 4.46. The first-order chi connectivity index (χ1) is 13.5. The zero-order valence-electron chi connectivity index (χ0n) is 15.9. The number of aromatic nitrogens is 1. The van der Waals surface area contributed by atoms with Crippen molar-refractivity contribution in [2.75, 3.05) is 12.4 Å². The van der Waals surface area contributed by atoms with E-state index in [0.717, 1.165) is 34.5 Å². The lowest BCUT2D eigenvalue weighted by molar-refractivity contribution is -0.115. The molecule has 0 saturated heterocycles. The molecule has 1 aliphatic heterocycles. The third-order valence-corrected chi connectivity index (χ3v) is 6.28. The highest BCUT2D eigenvalue weighted by molar-refractivity contribution is 8.28. The standard InChI is InChI=1S/C21H22N4O2S/c1-13(2)10-27-20-15(8-22)9-23-18-6-3-14(7-17(18)20)11-28-12-19(26)25-21(28)24-16-4-5-16/h3,6-7,9,11,13,16H,4-5,10,12H2,1-2H3,(H,24,25,26). The zero-order chi connectivity index (χ0) is 19.7. The number of aliphatic imine (C=N–C) groups is 1. The van der Waals surface area contributed by atoms with E-state index >= 15 is 0 Å². The maximum absolute atomic E-state index is 11.8. The predicted molar refractivity (Wildman–Crippen MR) is 113 cm³/mol. The number of hydrogen-bond donors (Lipinski definition) is 1. The van der Waals surface area contributed by atoms with Gasteiger partial charge in [0.05, 0.1) is 17.9 Å². The number of benzene rings is 1. The molecule has 1 aromatic carbocycles. The average molecular weight is 395 g/mol. The monoisotopic (exact) mass is 394 g/mol. The molecule has 2 aromatic rings. The molecule has 1 amide bonds. The Morgan fingerprint density at radius 1 is 1.43 bits per heavy atom. The number of fused-ring (bicyclic) bond motifs is 1. The van der Waals surface area contributed by atoms with Gasteiger partial charge in [0.1, 0.15) is 17.4 Å². The zero-order valence-corrected chi connectivity index (χ0v) is 16.8. The number of pyridine rings is 1. The highest BCUT2D eigenvalue weighted by Gasteiger charge is 2.27. The lowest BCUT2D eigenvalue weighted by Gasteiger charge is -2.13. The van der Waals surface area contributed by atoms with E-state index in [1.165, 1.54) is 0 Å². The number of carbonyl (C=O) groups excluding carboxylic acids is 1. The van der Waals surface area contributed by atoms with E-state index in [-0.39, 0.29) is 16.4 Å². The molecule has 6 nitrogen and oxygen atoms in total. The summed E-state index contributed by atoms with van der Waals surface area (Å²) in [5, 5.41) is 16.5. The van der Waals surface area contributed by atoms with Crippen LogP contribution in [0.4, 0.5) is 0 Å². The molecule has 0 bridgehead atoms. The van der Waals surface area contributed by atoms with Gasteiger partial charge in [0.25, 0.3) is 5.91 Å². The van der Waals surface area contributed by atoms with Crippen molar-refractivity contribution in [1.29, 1.82) is 5.26 Å². The van der Waals surface area contributed by atoms with E-state index in [2.05, 4.69) is 40.6 Å². The number of carbonyl (C=O) groups is 1. The maximum atomic E-state index is 11.8. The van der Waals surface area contributed by atoms with Crippen LogP contribution in [0.15, 0.2) is 29.4 Å². The van der Waals surface area contributed by atoms with Gasteiger partial charge in [-0.05, 0) is 41.8 Å². The lowest BCUT2D eigenvalue weighted by Crippen LogP contribution is -2.22. The molecule has 1 aliphatic carbocycles. The van der Waals surface area contributed by atoms with Gasteiger partial charge in [0, 0.05) is 17.6 Å². The van der Waals surface area contributed by atoms with Gasteiger partial charge in [-0.15, -0.1) is 10.5 Å². The number of hydrogen-bond acceptors (Lipinski definition) is 5. The van der Waals surface area contributed by atoms with Crippen LogP contribution in [0.2, 0.25) is 0 Å². The molecular formula is C21H22N4O2S. The normalized spacial score (nSPS) is 19.1. The minimum absolute atomic E-state index is 0.0714.